The lowest BCUT2D eigenvalue weighted by Gasteiger charge is -2.45. The number of hydrogen-bond acceptors (Lipinski definition) is 1. The van der Waals surface area contributed by atoms with Crippen molar-refractivity contribution in [2.24, 2.45) is 11.8 Å². The van der Waals surface area contributed by atoms with Crippen LogP contribution in [0, 0.1) is 11.8 Å². The topological polar surface area (TPSA) is 20.2 Å². The van der Waals surface area contributed by atoms with E-state index in [0.717, 1.165) is 0 Å². The summed E-state index contributed by atoms with van der Waals surface area (Å²) in [6.45, 7) is 0. The summed E-state index contributed by atoms with van der Waals surface area (Å²) < 4.78 is 90.0. The van der Waals surface area contributed by atoms with Crippen LogP contribution in [0.2, 0.25) is 0 Å². The molecule has 18 heavy (non-hydrogen) atoms. The van der Waals surface area contributed by atoms with Crippen molar-refractivity contribution in [3.63, 3.8) is 0 Å². The normalized spacial score (nSPS) is 37.3. The number of alkyl halides is 7. The van der Waals surface area contributed by atoms with E-state index in [0.29, 0.717) is 6.42 Å². The van der Waals surface area contributed by atoms with Gasteiger partial charge in [0, 0.05) is 0 Å². The first kappa shape index (κ1) is 13.9. The van der Waals surface area contributed by atoms with Gasteiger partial charge < -0.3 is 5.11 Å². The Kier molecular flexibility index (Phi) is 2.72. The molecule has 2 aliphatic carbocycles. The lowest BCUT2D eigenvalue weighted by Crippen LogP contribution is -2.70. The van der Waals surface area contributed by atoms with E-state index in [1.807, 2.05) is 0 Å². The molecule has 106 valence electrons. The third kappa shape index (κ3) is 1.50. The largest absolute Gasteiger partial charge is 0.429 e. The molecule has 0 radical (unpaired) electrons. The molecule has 1 N–H and O–H groups in total. The molecule has 1 nitrogen and oxygen atoms in total. The lowest BCUT2D eigenvalue weighted by molar-refractivity contribution is -0.408. The van der Waals surface area contributed by atoms with E-state index in [2.05, 4.69) is 0 Å². The van der Waals surface area contributed by atoms with E-state index in [1.165, 1.54) is 0 Å². The Morgan fingerprint density at radius 2 is 1.44 bits per heavy atom. The molecule has 0 heterocycles. The fourth-order valence-electron chi connectivity index (χ4n) is 3.34. The summed E-state index contributed by atoms with van der Waals surface area (Å²) in [6.07, 6.45) is -12.7. The van der Waals surface area contributed by atoms with Crippen molar-refractivity contribution in [3.8, 4) is 0 Å². The highest BCUT2D eigenvalue weighted by Gasteiger charge is 2.83. The molecule has 3 unspecified atom stereocenters. The van der Waals surface area contributed by atoms with E-state index in [1.54, 1.807) is 0 Å². The van der Waals surface area contributed by atoms with Gasteiger partial charge in [0.1, 0.15) is 0 Å². The monoisotopic (exact) mass is 280 g/mol. The highest BCUT2D eigenvalue weighted by atomic mass is 19.4. The second kappa shape index (κ2) is 3.52. The highest BCUT2D eigenvalue weighted by molar-refractivity contribution is 5.17. The first-order chi connectivity index (χ1) is 7.93. The molecule has 2 bridgehead atoms. The van der Waals surface area contributed by atoms with Crippen LogP contribution in [-0.4, -0.2) is 28.7 Å². The van der Waals surface area contributed by atoms with Crippen LogP contribution in [0.4, 0.5) is 30.7 Å². The zero-order valence-corrected chi connectivity index (χ0v) is 9.08. The molecule has 2 saturated carbocycles. The van der Waals surface area contributed by atoms with Crippen LogP contribution in [0.15, 0.2) is 0 Å². The average molecular weight is 280 g/mol. The van der Waals surface area contributed by atoms with Gasteiger partial charge in [-0.05, 0) is 37.5 Å². The van der Waals surface area contributed by atoms with Gasteiger partial charge in [-0.1, -0.05) is 0 Å². The van der Waals surface area contributed by atoms with Gasteiger partial charge in [0.05, 0.1) is 0 Å². The van der Waals surface area contributed by atoms with Crippen molar-refractivity contribution in [2.75, 3.05) is 0 Å². The molecule has 0 aromatic carbocycles. The molecule has 0 aromatic heterocycles. The number of hydrogen-bond donors (Lipinski definition) is 1. The molecule has 2 aliphatic rings. The third-order valence-corrected chi connectivity index (χ3v) is 4.20. The standard InChI is InChI=1S/C10H11F7O/c11-7(4-5-1-2-6(7)3-5)8(18,9(12,13)14)10(15,16)17/h5-6,18H,1-4H2. The Bertz CT molecular complexity index is 333. The lowest BCUT2D eigenvalue weighted by atomic mass is 9.72. The van der Waals surface area contributed by atoms with Crippen LogP contribution >= 0.6 is 0 Å². The fraction of sp³-hybridized carbons (Fsp3) is 1.00. The molecule has 0 aliphatic heterocycles. The Labute approximate surface area is 98.0 Å². The van der Waals surface area contributed by atoms with Crippen LogP contribution < -0.4 is 0 Å². The number of halogens is 7. The molecule has 2 fully saturated rings. The zero-order chi connectivity index (χ0) is 14.0. The first-order valence-electron chi connectivity index (χ1n) is 5.48. The summed E-state index contributed by atoms with van der Waals surface area (Å²) in [5.74, 6) is -1.88. The first-order valence-corrected chi connectivity index (χ1v) is 5.48. The fourth-order valence-corrected chi connectivity index (χ4v) is 3.34. The van der Waals surface area contributed by atoms with Crippen LogP contribution in [0.3, 0.4) is 0 Å². The maximum absolute atomic E-state index is 14.4. The van der Waals surface area contributed by atoms with Crippen LogP contribution in [-0.2, 0) is 0 Å². The SMILES string of the molecule is OC(C(F)(F)F)(C(F)(F)F)C1(F)CC2CCC1C2. The van der Waals surface area contributed by atoms with Gasteiger partial charge in [-0.15, -0.1) is 0 Å². The van der Waals surface area contributed by atoms with Gasteiger partial charge in [-0.3, -0.25) is 0 Å². The Hall–Kier alpha value is -0.530. The van der Waals surface area contributed by atoms with Gasteiger partial charge in [0.25, 0.3) is 5.60 Å². The van der Waals surface area contributed by atoms with Crippen LogP contribution in [0.1, 0.15) is 25.7 Å². The van der Waals surface area contributed by atoms with Crippen molar-refractivity contribution in [1.29, 1.82) is 0 Å². The number of fused-ring (bicyclic) bond motifs is 2. The third-order valence-electron chi connectivity index (χ3n) is 4.20. The quantitative estimate of drug-likeness (QED) is 0.730. The predicted molar refractivity (Wildman–Crippen MR) is 46.3 cm³/mol. The second-order valence-electron chi connectivity index (χ2n) is 5.15. The molecule has 2 rings (SSSR count). The predicted octanol–water partition coefficient (Wildman–Crippen LogP) is 3.37. The van der Waals surface area contributed by atoms with Gasteiger partial charge in [-0.25, -0.2) is 4.39 Å². The minimum Gasteiger partial charge on any atom is -0.371 e. The molecule has 3 atom stereocenters. The van der Waals surface area contributed by atoms with E-state index in [9.17, 15) is 30.7 Å². The highest BCUT2D eigenvalue weighted by Crippen LogP contribution is 2.63. The van der Waals surface area contributed by atoms with E-state index < -0.39 is 41.9 Å². The Balaban J connectivity index is 2.49. The summed E-state index contributed by atoms with van der Waals surface area (Å²) >= 11 is 0. The van der Waals surface area contributed by atoms with Crippen molar-refractivity contribution in [1.82, 2.24) is 0 Å². The summed E-state index contributed by atoms with van der Waals surface area (Å²) in [5.41, 5.74) is -8.93. The summed E-state index contributed by atoms with van der Waals surface area (Å²) in [4.78, 5) is 0. The van der Waals surface area contributed by atoms with Crippen LogP contribution in [0.5, 0.6) is 0 Å². The minimum atomic E-state index is -6.08. The molecule has 8 heteroatoms. The molecule has 0 amide bonds. The van der Waals surface area contributed by atoms with Gasteiger partial charge in [-0.2, -0.15) is 26.3 Å². The maximum atomic E-state index is 14.4. The van der Waals surface area contributed by atoms with Crippen molar-refractivity contribution in [3.05, 3.63) is 0 Å². The van der Waals surface area contributed by atoms with Gasteiger partial charge >= 0.3 is 12.4 Å². The van der Waals surface area contributed by atoms with E-state index in [-0.39, 0.29) is 12.8 Å². The van der Waals surface area contributed by atoms with Crippen molar-refractivity contribution < 1.29 is 35.8 Å². The van der Waals surface area contributed by atoms with Gasteiger partial charge in [0.2, 0.25) is 0 Å². The molecule has 0 aromatic rings. The smallest absolute Gasteiger partial charge is 0.371 e. The van der Waals surface area contributed by atoms with Crippen LogP contribution in [0.25, 0.3) is 0 Å². The van der Waals surface area contributed by atoms with E-state index in [4.69, 9.17) is 5.11 Å². The Morgan fingerprint density at radius 3 is 1.72 bits per heavy atom. The number of rotatable bonds is 1. The van der Waals surface area contributed by atoms with Gasteiger partial charge in [0.15, 0.2) is 5.67 Å². The minimum absolute atomic E-state index is 0.0228. The number of aliphatic hydroxyl groups is 1. The molecule has 0 spiro atoms. The summed E-state index contributed by atoms with van der Waals surface area (Å²) in [5, 5.41) is 9.14. The Morgan fingerprint density at radius 1 is 0.944 bits per heavy atom. The van der Waals surface area contributed by atoms with E-state index >= 15 is 0 Å². The second-order valence-corrected chi connectivity index (χ2v) is 5.15. The van der Waals surface area contributed by atoms with Crippen molar-refractivity contribution in [2.45, 2.75) is 49.3 Å². The molecule has 0 saturated heterocycles. The average Bonchev–Trinajstić information content (AvgIpc) is 2.72. The summed E-state index contributed by atoms with van der Waals surface area (Å²) in [7, 11) is 0. The molecular weight excluding hydrogens is 269 g/mol. The van der Waals surface area contributed by atoms with Crippen molar-refractivity contribution >= 4 is 0 Å². The summed E-state index contributed by atoms with van der Waals surface area (Å²) in [6, 6.07) is 0. The molecular formula is C10H11F7O. The maximum Gasteiger partial charge on any atom is 0.429 e. The zero-order valence-electron chi connectivity index (χ0n) is 9.08.